The number of rotatable bonds is 6. The van der Waals surface area contributed by atoms with Gasteiger partial charge < -0.3 is 4.90 Å². The van der Waals surface area contributed by atoms with Gasteiger partial charge >= 0.3 is 0 Å². The summed E-state index contributed by atoms with van der Waals surface area (Å²) in [5, 5.41) is 0. The molecule has 0 atom stereocenters. The minimum absolute atomic E-state index is 0.134. The highest BCUT2D eigenvalue weighted by molar-refractivity contribution is 9.11. The average molecular weight is 457 g/mol. The predicted octanol–water partition coefficient (Wildman–Crippen LogP) is 4.64. The van der Waals surface area contributed by atoms with Crippen molar-refractivity contribution >= 4 is 54.6 Å². The Morgan fingerprint density at radius 3 is 2.65 bits per heavy atom. The van der Waals surface area contributed by atoms with Gasteiger partial charge in [0.2, 0.25) is 5.91 Å². The van der Waals surface area contributed by atoms with Crippen LogP contribution < -0.4 is 9.62 Å². The average Bonchev–Trinajstić information content (AvgIpc) is 3.01. The third-order valence-electron chi connectivity index (χ3n) is 4.28. The first-order valence-electron chi connectivity index (χ1n) is 8.48. The van der Waals surface area contributed by atoms with Gasteiger partial charge in [-0.3, -0.25) is 9.52 Å². The first kappa shape index (κ1) is 19.4. The number of hydrogen-bond acceptors (Lipinski definition) is 4. The fourth-order valence-electron chi connectivity index (χ4n) is 2.90. The number of nitrogens with zero attached hydrogens (tertiary/aromatic N) is 1. The lowest BCUT2D eigenvalue weighted by molar-refractivity contribution is -0.118. The number of carbonyl (C=O) groups excluding carboxylic acids is 1. The molecule has 1 N–H and O–H groups in total. The van der Waals surface area contributed by atoms with E-state index in [2.05, 4.69) is 34.5 Å². The molecule has 1 aliphatic rings. The summed E-state index contributed by atoms with van der Waals surface area (Å²) in [5.74, 6) is 0.652. The van der Waals surface area contributed by atoms with Crippen LogP contribution in [0.5, 0.6) is 0 Å². The SMILES string of the molecule is CC(C)CCN1C(=O)CCc2cc(NS(=O)(=O)c3ccc(Br)s3)ccc21. The fraction of sp³-hybridized carbons (Fsp3) is 0.389. The summed E-state index contributed by atoms with van der Waals surface area (Å²) in [7, 11) is -3.61. The largest absolute Gasteiger partial charge is 0.312 e. The molecule has 0 saturated carbocycles. The summed E-state index contributed by atoms with van der Waals surface area (Å²) in [6.07, 6.45) is 2.03. The molecule has 26 heavy (non-hydrogen) atoms. The van der Waals surface area contributed by atoms with Gasteiger partial charge in [0.1, 0.15) is 4.21 Å². The number of anilines is 2. The Labute approximate surface area is 166 Å². The van der Waals surface area contributed by atoms with Gasteiger partial charge in [-0.25, -0.2) is 8.42 Å². The second-order valence-electron chi connectivity index (χ2n) is 6.74. The normalized spacial score (nSPS) is 14.6. The second kappa shape index (κ2) is 7.70. The molecule has 0 radical (unpaired) electrons. The van der Waals surface area contributed by atoms with E-state index in [4.69, 9.17) is 0 Å². The van der Waals surface area contributed by atoms with Crippen molar-refractivity contribution in [3.05, 3.63) is 39.7 Å². The molecule has 140 valence electrons. The lowest BCUT2D eigenvalue weighted by atomic mass is 9.99. The van der Waals surface area contributed by atoms with Crippen molar-refractivity contribution in [2.24, 2.45) is 5.92 Å². The number of nitrogens with one attached hydrogen (secondary N) is 1. The van der Waals surface area contributed by atoms with Crippen LogP contribution in [0.4, 0.5) is 11.4 Å². The van der Waals surface area contributed by atoms with Gasteiger partial charge in [0, 0.05) is 24.3 Å². The van der Waals surface area contributed by atoms with Crippen LogP contribution in [-0.2, 0) is 21.2 Å². The van der Waals surface area contributed by atoms with Crippen LogP contribution in [0.2, 0.25) is 0 Å². The topological polar surface area (TPSA) is 66.5 Å². The Bertz CT molecular complexity index is 922. The fourth-order valence-corrected chi connectivity index (χ4v) is 5.96. The van der Waals surface area contributed by atoms with Crippen LogP contribution in [-0.4, -0.2) is 20.9 Å². The Balaban J connectivity index is 1.83. The van der Waals surface area contributed by atoms with Crippen LogP contribution >= 0.6 is 27.3 Å². The number of hydrogen-bond donors (Lipinski definition) is 1. The van der Waals surface area contributed by atoms with Gasteiger partial charge in [0.15, 0.2) is 0 Å². The van der Waals surface area contributed by atoms with Crippen molar-refractivity contribution in [3.8, 4) is 0 Å². The van der Waals surface area contributed by atoms with Crippen molar-refractivity contribution in [1.82, 2.24) is 0 Å². The first-order valence-corrected chi connectivity index (χ1v) is 11.6. The maximum Gasteiger partial charge on any atom is 0.271 e. The molecule has 0 unspecified atom stereocenters. The molecule has 0 aliphatic carbocycles. The molecule has 8 heteroatoms. The molecule has 2 aromatic rings. The zero-order valence-electron chi connectivity index (χ0n) is 14.7. The van der Waals surface area contributed by atoms with E-state index in [0.29, 0.717) is 31.0 Å². The second-order valence-corrected chi connectivity index (χ2v) is 11.1. The van der Waals surface area contributed by atoms with Crippen molar-refractivity contribution in [1.29, 1.82) is 0 Å². The Hall–Kier alpha value is -1.38. The number of thiophene rings is 1. The van der Waals surface area contributed by atoms with E-state index in [9.17, 15) is 13.2 Å². The lowest BCUT2D eigenvalue weighted by Gasteiger charge is -2.30. The van der Waals surface area contributed by atoms with E-state index < -0.39 is 10.0 Å². The monoisotopic (exact) mass is 456 g/mol. The summed E-state index contributed by atoms with van der Waals surface area (Å²) in [4.78, 5) is 14.1. The van der Waals surface area contributed by atoms with Gasteiger partial charge in [-0.05, 0) is 70.6 Å². The number of sulfonamides is 1. The number of carbonyl (C=O) groups is 1. The highest BCUT2D eigenvalue weighted by atomic mass is 79.9. The van der Waals surface area contributed by atoms with Crippen molar-refractivity contribution in [2.45, 2.75) is 37.3 Å². The molecule has 1 aromatic heterocycles. The summed E-state index contributed by atoms with van der Waals surface area (Å²) < 4.78 is 28.6. The van der Waals surface area contributed by atoms with Gasteiger partial charge in [0.05, 0.1) is 3.79 Å². The molecule has 0 bridgehead atoms. The van der Waals surface area contributed by atoms with Crippen LogP contribution in [0, 0.1) is 5.92 Å². The molecular weight excluding hydrogens is 436 g/mol. The maximum atomic E-state index is 12.5. The number of halogens is 1. The van der Waals surface area contributed by atoms with Crippen molar-refractivity contribution in [3.63, 3.8) is 0 Å². The zero-order valence-corrected chi connectivity index (χ0v) is 17.9. The minimum atomic E-state index is -3.61. The smallest absolute Gasteiger partial charge is 0.271 e. The van der Waals surface area contributed by atoms with Gasteiger partial charge in [-0.2, -0.15) is 0 Å². The molecule has 3 rings (SSSR count). The molecule has 5 nitrogen and oxygen atoms in total. The third-order valence-corrected chi connectivity index (χ3v) is 7.77. The molecule has 1 aromatic carbocycles. The van der Waals surface area contributed by atoms with Gasteiger partial charge in [-0.1, -0.05) is 13.8 Å². The van der Waals surface area contributed by atoms with Gasteiger partial charge in [0.25, 0.3) is 10.0 Å². The minimum Gasteiger partial charge on any atom is -0.312 e. The summed E-state index contributed by atoms with van der Waals surface area (Å²) >= 11 is 4.45. The van der Waals surface area contributed by atoms with Crippen molar-refractivity contribution in [2.75, 3.05) is 16.2 Å². The Kier molecular flexibility index (Phi) is 5.74. The summed E-state index contributed by atoms with van der Waals surface area (Å²) in [6, 6.07) is 8.69. The lowest BCUT2D eigenvalue weighted by Crippen LogP contribution is -2.36. The molecule has 1 amide bonds. The summed E-state index contributed by atoms with van der Waals surface area (Å²) in [5.41, 5.74) is 2.41. The molecular formula is C18H21BrN2O3S2. The van der Waals surface area contributed by atoms with E-state index in [1.54, 1.807) is 18.2 Å². The number of benzene rings is 1. The van der Waals surface area contributed by atoms with Crippen LogP contribution in [0.1, 0.15) is 32.3 Å². The number of aryl methyl sites for hydroxylation is 1. The number of fused-ring (bicyclic) bond motifs is 1. The summed E-state index contributed by atoms with van der Waals surface area (Å²) in [6.45, 7) is 4.96. The van der Waals surface area contributed by atoms with E-state index in [1.165, 1.54) is 11.3 Å². The first-order chi connectivity index (χ1) is 12.3. The van der Waals surface area contributed by atoms with Crippen LogP contribution in [0.15, 0.2) is 38.3 Å². The maximum absolute atomic E-state index is 12.5. The Morgan fingerprint density at radius 2 is 2.00 bits per heavy atom. The Morgan fingerprint density at radius 1 is 1.23 bits per heavy atom. The van der Waals surface area contributed by atoms with E-state index >= 15 is 0 Å². The van der Waals surface area contributed by atoms with Gasteiger partial charge in [-0.15, -0.1) is 11.3 Å². The standard InChI is InChI=1S/C18H21BrN2O3S2/c1-12(2)9-10-21-15-5-4-14(11-13(15)3-7-17(21)22)20-26(23,24)18-8-6-16(19)25-18/h4-6,8,11-12,20H,3,7,9-10H2,1-2H3. The molecule has 1 aliphatic heterocycles. The van der Waals surface area contributed by atoms with E-state index in [-0.39, 0.29) is 10.1 Å². The molecule has 0 spiro atoms. The molecule has 2 heterocycles. The van der Waals surface area contributed by atoms with E-state index in [1.807, 2.05) is 17.0 Å². The highest BCUT2D eigenvalue weighted by Gasteiger charge is 2.25. The van der Waals surface area contributed by atoms with E-state index in [0.717, 1.165) is 21.5 Å². The third kappa shape index (κ3) is 4.29. The zero-order chi connectivity index (χ0) is 18.9. The number of amides is 1. The quantitative estimate of drug-likeness (QED) is 0.688. The van der Waals surface area contributed by atoms with Crippen molar-refractivity contribution < 1.29 is 13.2 Å². The van der Waals surface area contributed by atoms with Crippen LogP contribution in [0.25, 0.3) is 0 Å². The van der Waals surface area contributed by atoms with Crippen LogP contribution in [0.3, 0.4) is 0 Å². The molecule has 0 fully saturated rings. The molecule has 0 saturated heterocycles. The highest BCUT2D eigenvalue weighted by Crippen LogP contribution is 2.32. The predicted molar refractivity (Wildman–Crippen MR) is 109 cm³/mol.